The predicted molar refractivity (Wildman–Crippen MR) is 84.0 cm³/mol. The number of halogens is 1. The van der Waals surface area contributed by atoms with Crippen LogP contribution in [0.15, 0.2) is 48.5 Å². The molecule has 21 heavy (non-hydrogen) atoms. The van der Waals surface area contributed by atoms with Crippen molar-refractivity contribution >= 4 is 23.6 Å². The Morgan fingerprint density at radius 3 is 2.48 bits per heavy atom. The van der Waals surface area contributed by atoms with Crippen LogP contribution in [0, 0.1) is 0 Å². The maximum absolute atomic E-state index is 10.4. The van der Waals surface area contributed by atoms with Crippen LogP contribution in [0.1, 0.15) is 18.1 Å². The summed E-state index contributed by atoms with van der Waals surface area (Å²) in [5.41, 5.74) is 1.84. The molecular formula is C17H15ClO3. The van der Waals surface area contributed by atoms with Crippen LogP contribution in [0.5, 0.6) is 11.5 Å². The van der Waals surface area contributed by atoms with Gasteiger partial charge in [0.2, 0.25) is 0 Å². The molecule has 1 N–H and O–H groups in total. The van der Waals surface area contributed by atoms with Crippen molar-refractivity contribution in [3.63, 3.8) is 0 Å². The van der Waals surface area contributed by atoms with Gasteiger partial charge in [-0.1, -0.05) is 30.7 Å². The molecule has 0 saturated heterocycles. The van der Waals surface area contributed by atoms with Crippen molar-refractivity contribution in [3.05, 3.63) is 64.7 Å². The van der Waals surface area contributed by atoms with Gasteiger partial charge in [0.1, 0.15) is 11.5 Å². The van der Waals surface area contributed by atoms with E-state index in [0.29, 0.717) is 5.75 Å². The third-order valence-corrected chi connectivity index (χ3v) is 3.30. The second kappa shape index (κ2) is 6.95. The summed E-state index contributed by atoms with van der Waals surface area (Å²) in [4.78, 5) is 10.4. The minimum absolute atomic E-state index is 0.687. The Morgan fingerprint density at radius 1 is 1.19 bits per heavy atom. The van der Waals surface area contributed by atoms with Crippen LogP contribution in [0.2, 0.25) is 5.02 Å². The van der Waals surface area contributed by atoms with E-state index in [1.54, 1.807) is 24.3 Å². The lowest BCUT2D eigenvalue weighted by atomic mass is 10.1. The van der Waals surface area contributed by atoms with E-state index in [-0.39, 0.29) is 0 Å². The number of benzene rings is 2. The number of hydrogen-bond acceptors (Lipinski definition) is 2. The fourth-order valence-corrected chi connectivity index (χ4v) is 2.09. The highest BCUT2D eigenvalue weighted by Crippen LogP contribution is 2.27. The second-order valence-corrected chi connectivity index (χ2v) is 4.86. The minimum Gasteiger partial charge on any atom is -0.478 e. The van der Waals surface area contributed by atoms with E-state index in [9.17, 15) is 4.79 Å². The zero-order chi connectivity index (χ0) is 15.2. The summed E-state index contributed by atoms with van der Waals surface area (Å²) in [6.07, 6.45) is 3.47. The molecule has 0 radical (unpaired) electrons. The SMILES string of the molecule is CCc1cc(Oc2ccc(/C=C/C(=O)O)cc2)ccc1Cl. The molecule has 0 aromatic heterocycles. The van der Waals surface area contributed by atoms with Crippen LogP contribution >= 0.6 is 11.6 Å². The fourth-order valence-electron chi connectivity index (χ4n) is 1.84. The number of aliphatic carboxylic acids is 1. The highest BCUT2D eigenvalue weighted by molar-refractivity contribution is 6.31. The summed E-state index contributed by atoms with van der Waals surface area (Å²) in [6, 6.07) is 12.7. The van der Waals surface area contributed by atoms with Crippen molar-refractivity contribution in [2.75, 3.05) is 0 Å². The number of carboxylic acid groups (broad SMARTS) is 1. The van der Waals surface area contributed by atoms with E-state index in [2.05, 4.69) is 0 Å². The van der Waals surface area contributed by atoms with Crippen molar-refractivity contribution in [2.24, 2.45) is 0 Å². The summed E-state index contributed by atoms with van der Waals surface area (Å²) >= 11 is 6.07. The third kappa shape index (κ3) is 4.36. The van der Waals surface area contributed by atoms with Gasteiger partial charge in [-0.25, -0.2) is 4.79 Å². The quantitative estimate of drug-likeness (QED) is 0.808. The number of aryl methyl sites for hydroxylation is 1. The average Bonchev–Trinajstić information content (AvgIpc) is 2.48. The smallest absolute Gasteiger partial charge is 0.328 e. The van der Waals surface area contributed by atoms with Gasteiger partial charge in [-0.05, 0) is 54.0 Å². The van der Waals surface area contributed by atoms with E-state index < -0.39 is 5.97 Å². The molecule has 0 aliphatic heterocycles. The highest BCUT2D eigenvalue weighted by Gasteiger charge is 2.02. The Labute approximate surface area is 128 Å². The first-order chi connectivity index (χ1) is 10.1. The number of hydrogen-bond donors (Lipinski definition) is 1. The van der Waals surface area contributed by atoms with Gasteiger partial charge >= 0.3 is 5.97 Å². The molecule has 0 unspecified atom stereocenters. The number of rotatable bonds is 5. The lowest BCUT2D eigenvalue weighted by Crippen LogP contribution is -1.88. The van der Waals surface area contributed by atoms with Gasteiger partial charge in [-0.3, -0.25) is 0 Å². The van der Waals surface area contributed by atoms with Crippen molar-refractivity contribution in [2.45, 2.75) is 13.3 Å². The van der Waals surface area contributed by atoms with Crippen molar-refractivity contribution in [1.82, 2.24) is 0 Å². The maximum atomic E-state index is 10.4. The molecule has 4 heteroatoms. The molecule has 0 aliphatic rings. The van der Waals surface area contributed by atoms with Gasteiger partial charge in [-0.2, -0.15) is 0 Å². The van der Waals surface area contributed by atoms with Crippen LogP contribution < -0.4 is 4.74 Å². The molecule has 2 rings (SSSR count). The van der Waals surface area contributed by atoms with Crippen LogP contribution in [0.25, 0.3) is 6.08 Å². The molecule has 0 atom stereocenters. The van der Waals surface area contributed by atoms with Crippen LogP contribution in [-0.2, 0) is 11.2 Å². The summed E-state index contributed by atoms with van der Waals surface area (Å²) in [5, 5.41) is 9.31. The third-order valence-electron chi connectivity index (χ3n) is 2.93. The van der Waals surface area contributed by atoms with Crippen molar-refractivity contribution in [1.29, 1.82) is 0 Å². The minimum atomic E-state index is -0.969. The molecule has 0 amide bonds. The zero-order valence-corrected chi connectivity index (χ0v) is 12.3. The summed E-state index contributed by atoms with van der Waals surface area (Å²) in [7, 11) is 0. The fraction of sp³-hybridized carbons (Fsp3) is 0.118. The molecule has 108 valence electrons. The number of carboxylic acids is 1. The lowest BCUT2D eigenvalue weighted by Gasteiger charge is -2.08. The molecule has 2 aromatic carbocycles. The Hall–Kier alpha value is -2.26. The Kier molecular flexibility index (Phi) is 5.01. The molecule has 3 nitrogen and oxygen atoms in total. The van der Waals surface area contributed by atoms with Crippen LogP contribution in [0.3, 0.4) is 0 Å². The van der Waals surface area contributed by atoms with E-state index >= 15 is 0 Å². The number of carbonyl (C=O) groups is 1. The van der Waals surface area contributed by atoms with E-state index in [0.717, 1.165) is 34.4 Å². The standard InChI is InChI=1S/C17H15ClO3/c1-2-13-11-15(8-9-16(13)18)21-14-6-3-12(4-7-14)5-10-17(19)20/h3-11H,2H2,1H3,(H,19,20)/b10-5+. The first kappa shape index (κ1) is 15.1. The molecule has 2 aromatic rings. The number of ether oxygens (including phenoxy) is 1. The molecule has 0 aliphatic carbocycles. The van der Waals surface area contributed by atoms with Gasteiger partial charge < -0.3 is 9.84 Å². The zero-order valence-electron chi connectivity index (χ0n) is 11.5. The molecule has 0 heterocycles. The monoisotopic (exact) mass is 302 g/mol. The lowest BCUT2D eigenvalue weighted by molar-refractivity contribution is -0.131. The molecule has 0 bridgehead atoms. The molecule has 0 saturated carbocycles. The van der Waals surface area contributed by atoms with Crippen molar-refractivity contribution < 1.29 is 14.6 Å². The largest absolute Gasteiger partial charge is 0.478 e. The van der Waals surface area contributed by atoms with Crippen LogP contribution in [-0.4, -0.2) is 11.1 Å². The highest BCUT2D eigenvalue weighted by atomic mass is 35.5. The van der Waals surface area contributed by atoms with Gasteiger partial charge in [-0.15, -0.1) is 0 Å². The van der Waals surface area contributed by atoms with E-state index in [4.69, 9.17) is 21.4 Å². The molecule has 0 spiro atoms. The molecular weight excluding hydrogens is 288 g/mol. The van der Waals surface area contributed by atoms with Crippen molar-refractivity contribution in [3.8, 4) is 11.5 Å². The average molecular weight is 303 g/mol. The molecule has 0 fully saturated rings. The van der Waals surface area contributed by atoms with Gasteiger partial charge in [0.05, 0.1) is 0 Å². The second-order valence-electron chi connectivity index (χ2n) is 4.45. The van der Waals surface area contributed by atoms with Gasteiger partial charge in [0.25, 0.3) is 0 Å². The van der Waals surface area contributed by atoms with E-state index in [1.807, 2.05) is 25.1 Å². The Morgan fingerprint density at radius 2 is 1.86 bits per heavy atom. The topological polar surface area (TPSA) is 46.5 Å². The summed E-state index contributed by atoms with van der Waals surface area (Å²) < 4.78 is 5.76. The summed E-state index contributed by atoms with van der Waals surface area (Å²) in [6.45, 7) is 2.04. The summed E-state index contributed by atoms with van der Waals surface area (Å²) in [5.74, 6) is 0.445. The normalized spacial score (nSPS) is 10.8. The predicted octanol–water partition coefficient (Wildman–Crippen LogP) is 4.79. The Bertz CT molecular complexity index is 660. The first-order valence-electron chi connectivity index (χ1n) is 6.56. The van der Waals surface area contributed by atoms with E-state index in [1.165, 1.54) is 6.08 Å². The Balaban J connectivity index is 2.11. The van der Waals surface area contributed by atoms with Gasteiger partial charge in [0, 0.05) is 11.1 Å². The first-order valence-corrected chi connectivity index (χ1v) is 6.93. The van der Waals surface area contributed by atoms with Crippen LogP contribution in [0.4, 0.5) is 0 Å². The van der Waals surface area contributed by atoms with Gasteiger partial charge in [0.15, 0.2) is 0 Å². The maximum Gasteiger partial charge on any atom is 0.328 e.